The minimum absolute atomic E-state index is 0.0132. The van der Waals surface area contributed by atoms with Gasteiger partial charge in [-0.3, -0.25) is 14.7 Å². The number of nitrogens with one attached hydrogen (secondary N) is 1. The predicted octanol–water partition coefficient (Wildman–Crippen LogP) is 3.16. The number of carbonyl (C=O) groups excluding carboxylic acids is 1. The first-order valence-corrected chi connectivity index (χ1v) is 8.79. The topological polar surface area (TPSA) is 45.2 Å². The van der Waals surface area contributed by atoms with Crippen LogP contribution in [0.4, 0.5) is 4.39 Å². The van der Waals surface area contributed by atoms with Gasteiger partial charge in [0.25, 0.3) is 0 Å². The summed E-state index contributed by atoms with van der Waals surface area (Å²) in [6.45, 7) is 4.58. The minimum atomic E-state index is -0.306. The van der Waals surface area contributed by atoms with Crippen LogP contribution in [0.1, 0.15) is 36.9 Å². The van der Waals surface area contributed by atoms with Crippen LogP contribution >= 0.6 is 0 Å². The molecule has 0 bridgehead atoms. The van der Waals surface area contributed by atoms with Crippen molar-refractivity contribution in [2.75, 3.05) is 19.6 Å². The lowest BCUT2D eigenvalue weighted by Gasteiger charge is -2.30. The van der Waals surface area contributed by atoms with Crippen molar-refractivity contribution >= 4 is 5.91 Å². The molecule has 4 nitrogen and oxygen atoms in total. The second-order valence-corrected chi connectivity index (χ2v) is 6.79. The Balaban J connectivity index is 1.71. The average molecular weight is 341 g/mol. The fraction of sp³-hybridized carbons (Fsp3) is 0.400. The molecular weight excluding hydrogens is 317 g/mol. The van der Waals surface area contributed by atoms with Crippen LogP contribution in [-0.4, -0.2) is 35.4 Å². The van der Waals surface area contributed by atoms with E-state index in [4.69, 9.17) is 0 Å². The van der Waals surface area contributed by atoms with E-state index < -0.39 is 0 Å². The molecule has 0 saturated carbocycles. The van der Waals surface area contributed by atoms with Gasteiger partial charge in [-0.15, -0.1) is 0 Å². The molecule has 3 rings (SSSR count). The van der Waals surface area contributed by atoms with Gasteiger partial charge in [0.15, 0.2) is 0 Å². The van der Waals surface area contributed by atoms with Crippen molar-refractivity contribution in [2.45, 2.75) is 25.8 Å². The van der Waals surface area contributed by atoms with Crippen LogP contribution in [-0.2, 0) is 4.79 Å². The van der Waals surface area contributed by atoms with Crippen molar-refractivity contribution in [3.05, 3.63) is 65.7 Å². The molecule has 1 aromatic heterocycles. The van der Waals surface area contributed by atoms with E-state index in [1.165, 1.54) is 12.1 Å². The Labute approximate surface area is 148 Å². The zero-order valence-electron chi connectivity index (χ0n) is 14.5. The summed E-state index contributed by atoms with van der Waals surface area (Å²) in [6.07, 6.45) is 5.67. The molecule has 0 spiro atoms. The molecule has 1 atom stereocenters. The standard InChI is InChI=1S/C20H24FN3O/c1-15-8-12-24(13-9-15)14-19(25)23-20(17-6-10-22-11-7-17)16-2-4-18(21)5-3-16/h2-7,10-11,15,20H,8-9,12-14H2,1H3,(H,23,25)/t20-/m0/s1. The largest absolute Gasteiger partial charge is 0.344 e. The first kappa shape index (κ1) is 17.5. The van der Waals surface area contributed by atoms with Crippen LogP contribution in [0.15, 0.2) is 48.8 Å². The lowest BCUT2D eigenvalue weighted by Crippen LogP contribution is -2.42. The molecule has 132 valence electrons. The number of pyridine rings is 1. The molecular formula is C20H24FN3O. The summed E-state index contributed by atoms with van der Waals surface area (Å²) in [5.74, 6) is 0.440. The van der Waals surface area contributed by atoms with Gasteiger partial charge in [0, 0.05) is 12.4 Å². The van der Waals surface area contributed by atoms with Gasteiger partial charge >= 0.3 is 0 Å². The normalized spacial score (nSPS) is 17.2. The number of rotatable bonds is 5. The lowest BCUT2D eigenvalue weighted by atomic mass is 9.98. The van der Waals surface area contributed by atoms with E-state index in [-0.39, 0.29) is 17.8 Å². The van der Waals surface area contributed by atoms with Gasteiger partial charge in [-0.25, -0.2) is 4.39 Å². The van der Waals surface area contributed by atoms with E-state index >= 15 is 0 Å². The van der Waals surface area contributed by atoms with Crippen molar-refractivity contribution in [1.29, 1.82) is 0 Å². The van der Waals surface area contributed by atoms with Crippen molar-refractivity contribution in [3.63, 3.8) is 0 Å². The number of halogens is 1. The van der Waals surface area contributed by atoms with Gasteiger partial charge in [0.2, 0.25) is 5.91 Å². The molecule has 25 heavy (non-hydrogen) atoms. The van der Waals surface area contributed by atoms with E-state index in [0.717, 1.165) is 43.0 Å². The van der Waals surface area contributed by atoms with Crippen molar-refractivity contribution in [1.82, 2.24) is 15.2 Å². The van der Waals surface area contributed by atoms with Gasteiger partial charge in [-0.2, -0.15) is 0 Å². The first-order chi connectivity index (χ1) is 12.1. The summed E-state index contributed by atoms with van der Waals surface area (Å²) < 4.78 is 13.3. The number of amides is 1. The Morgan fingerprint density at radius 2 is 1.76 bits per heavy atom. The molecule has 0 unspecified atom stereocenters. The van der Waals surface area contributed by atoms with Crippen molar-refractivity contribution in [2.24, 2.45) is 5.92 Å². The summed E-state index contributed by atoms with van der Waals surface area (Å²) in [4.78, 5) is 18.8. The molecule has 1 aliphatic heterocycles. The van der Waals surface area contributed by atoms with Gasteiger partial charge in [-0.1, -0.05) is 19.1 Å². The zero-order chi connectivity index (χ0) is 17.6. The van der Waals surface area contributed by atoms with Gasteiger partial charge in [0.1, 0.15) is 5.82 Å². The molecule has 5 heteroatoms. The highest BCUT2D eigenvalue weighted by atomic mass is 19.1. The lowest BCUT2D eigenvalue weighted by molar-refractivity contribution is -0.123. The monoisotopic (exact) mass is 341 g/mol. The van der Waals surface area contributed by atoms with E-state index in [2.05, 4.69) is 22.1 Å². The molecule has 1 amide bonds. The first-order valence-electron chi connectivity index (χ1n) is 8.79. The van der Waals surface area contributed by atoms with Crippen LogP contribution in [0, 0.1) is 11.7 Å². The number of carbonyl (C=O) groups is 1. The summed E-state index contributed by atoms with van der Waals surface area (Å²) in [5, 5.41) is 3.10. The highest BCUT2D eigenvalue weighted by Crippen LogP contribution is 2.22. The highest BCUT2D eigenvalue weighted by Gasteiger charge is 2.21. The van der Waals surface area contributed by atoms with Crippen LogP contribution in [0.2, 0.25) is 0 Å². The van der Waals surface area contributed by atoms with Crippen LogP contribution in [0.5, 0.6) is 0 Å². The highest BCUT2D eigenvalue weighted by molar-refractivity contribution is 5.79. The maximum atomic E-state index is 13.3. The smallest absolute Gasteiger partial charge is 0.234 e. The second kappa shape index (κ2) is 8.21. The number of likely N-dealkylation sites (tertiary alicyclic amines) is 1. The number of hydrogen-bond acceptors (Lipinski definition) is 3. The maximum absolute atomic E-state index is 13.3. The molecule has 2 aromatic rings. The van der Waals surface area contributed by atoms with E-state index in [1.807, 2.05) is 12.1 Å². The van der Waals surface area contributed by atoms with E-state index in [9.17, 15) is 9.18 Å². The molecule has 1 fully saturated rings. The number of piperidine rings is 1. The van der Waals surface area contributed by atoms with Crippen molar-refractivity contribution in [3.8, 4) is 0 Å². The quantitative estimate of drug-likeness (QED) is 0.909. The summed E-state index contributed by atoms with van der Waals surface area (Å²) in [6, 6.07) is 9.70. The van der Waals surface area contributed by atoms with Gasteiger partial charge < -0.3 is 5.32 Å². The van der Waals surface area contributed by atoms with Crippen molar-refractivity contribution < 1.29 is 9.18 Å². The molecule has 2 heterocycles. The number of nitrogens with zero attached hydrogens (tertiary/aromatic N) is 2. The molecule has 1 saturated heterocycles. The Morgan fingerprint density at radius 3 is 2.40 bits per heavy atom. The second-order valence-electron chi connectivity index (χ2n) is 6.79. The third-order valence-electron chi connectivity index (χ3n) is 4.79. The third-order valence-corrected chi connectivity index (χ3v) is 4.79. The Hall–Kier alpha value is -2.27. The molecule has 1 aliphatic rings. The summed E-state index contributed by atoms with van der Waals surface area (Å²) >= 11 is 0. The summed E-state index contributed by atoms with van der Waals surface area (Å²) in [7, 11) is 0. The SMILES string of the molecule is CC1CCN(CC(=O)N[C@H](c2ccncc2)c2ccc(F)cc2)CC1. The molecule has 1 aromatic carbocycles. The Bertz CT molecular complexity index is 682. The average Bonchev–Trinajstić information content (AvgIpc) is 2.63. The van der Waals surface area contributed by atoms with Gasteiger partial charge in [0.05, 0.1) is 12.6 Å². The van der Waals surface area contributed by atoms with Gasteiger partial charge in [-0.05, 0) is 67.2 Å². The zero-order valence-corrected chi connectivity index (χ0v) is 14.5. The Morgan fingerprint density at radius 1 is 1.16 bits per heavy atom. The maximum Gasteiger partial charge on any atom is 0.234 e. The van der Waals surface area contributed by atoms with Crippen LogP contribution in [0.25, 0.3) is 0 Å². The third kappa shape index (κ3) is 4.86. The fourth-order valence-electron chi connectivity index (χ4n) is 3.20. The molecule has 1 N–H and O–H groups in total. The molecule has 0 aliphatic carbocycles. The number of hydrogen-bond donors (Lipinski definition) is 1. The van der Waals surface area contributed by atoms with E-state index in [0.29, 0.717) is 6.54 Å². The molecule has 0 radical (unpaired) electrons. The number of benzene rings is 1. The van der Waals surface area contributed by atoms with Crippen LogP contribution in [0.3, 0.4) is 0 Å². The van der Waals surface area contributed by atoms with Crippen LogP contribution < -0.4 is 5.32 Å². The fourth-order valence-corrected chi connectivity index (χ4v) is 3.20. The minimum Gasteiger partial charge on any atom is -0.344 e. The number of aromatic nitrogens is 1. The Kier molecular flexibility index (Phi) is 5.76. The van der Waals surface area contributed by atoms with E-state index in [1.54, 1.807) is 24.5 Å². The summed E-state index contributed by atoms with van der Waals surface area (Å²) in [5.41, 5.74) is 1.79. The predicted molar refractivity (Wildman–Crippen MR) is 95.5 cm³/mol.